The van der Waals surface area contributed by atoms with Gasteiger partial charge in [-0.2, -0.15) is 0 Å². The Balaban J connectivity index is 1.60. The molecule has 2 heterocycles. The fraction of sp³-hybridized carbons (Fsp3) is 0.600. The number of nitrogens with zero attached hydrogens (tertiary/aromatic N) is 1. The van der Waals surface area contributed by atoms with Crippen LogP contribution in [-0.2, 0) is 16.0 Å². The lowest BCUT2D eigenvalue weighted by Crippen LogP contribution is -2.49. The van der Waals surface area contributed by atoms with Crippen LogP contribution in [0.15, 0.2) is 24.3 Å². The number of hydrogen-bond donors (Lipinski definition) is 2. The molecule has 2 aliphatic rings. The van der Waals surface area contributed by atoms with E-state index in [1.165, 1.54) is 5.56 Å². The van der Waals surface area contributed by atoms with Crippen LogP contribution in [0.25, 0.3) is 0 Å². The fourth-order valence-electron chi connectivity index (χ4n) is 3.91. The number of likely N-dealkylation sites (tertiary alicyclic amines) is 1. The summed E-state index contributed by atoms with van der Waals surface area (Å²) in [5, 5.41) is 6.41. The van der Waals surface area contributed by atoms with E-state index in [4.69, 9.17) is 0 Å². The molecular formula is C20H29N3O2. The maximum atomic E-state index is 13.1. The zero-order chi connectivity index (χ0) is 17.6. The topological polar surface area (TPSA) is 61.4 Å². The molecule has 2 N–H and O–H groups in total. The molecule has 25 heavy (non-hydrogen) atoms. The molecule has 0 aromatic heterocycles. The van der Waals surface area contributed by atoms with E-state index in [9.17, 15) is 9.59 Å². The van der Waals surface area contributed by atoms with Gasteiger partial charge in [0.2, 0.25) is 11.8 Å². The van der Waals surface area contributed by atoms with Crippen LogP contribution in [0.1, 0.15) is 49.8 Å². The highest BCUT2D eigenvalue weighted by molar-refractivity contribution is 5.84. The first-order chi connectivity index (χ1) is 12.2. The fourth-order valence-corrected chi connectivity index (χ4v) is 3.91. The van der Waals surface area contributed by atoms with Gasteiger partial charge in [-0.25, -0.2) is 0 Å². The van der Waals surface area contributed by atoms with Crippen LogP contribution >= 0.6 is 0 Å². The largest absolute Gasteiger partial charge is 0.356 e. The maximum Gasteiger partial charge on any atom is 0.244 e. The second-order valence-electron chi connectivity index (χ2n) is 7.18. The van der Waals surface area contributed by atoms with Crippen molar-refractivity contribution < 1.29 is 9.59 Å². The van der Waals surface area contributed by atoms with Crippen molar-refractivity contribution in [3.8, 4) is 0 Å². The van der Waals surface area contributed by atoms with Crippen molar-refractivity contribution in [2.45, 2.75) is 45.1 Å². The Morgan fingerprint density at radius 3 is 3.00 bits per heavy atom. The highest BCUT2D eigenvalue weighted by Gasteiger charge is 2.32. The summed E-state index contributed by atoms with van der Waals surface area (Å²) in [6.07, 6.45) is 4.51. The third kappa shape index (κ3) is 4.40. The summed E-state index contributed by atoms with van der Waals surface area (Å²) in [7, 11) is 0. The standard InChI is InChI=1S/C20H29N3O2/c1-2-6-18(24)22-13-15-7-5-12-23(14-15)20(25)19-17-9-4-3-8-16(17)10-11-21-19/h3-4,8-9,15,19,21H,2,5-7,10-14H2,1H3,(H,22,24)/t15-,19+/m0/s1. The molecule has 3 rings (SSSR count). The smallest absolute Gasteiger partial charge is 0.244 e. The number of amides is 2. The molecule has 1 aromatic rings. The number of hydrogen-bond acceptors (Lipinski definition) is 3. The van der Waals surface area contributed by atoms with Gasteiger partial charge >= 0.3 is 0 Å². The van der Waals surface area contributed by atoms with Crippen LogP contribution in [0.3, 0.4) is 0 Å². The summed E-state index contributed by atoms with van der Waals surface area (Å²) in [5.41, 5.74) is 2.40. The van der Waals surface area contributed by atoms with E-state index in [2.05, 4.69) is 22.8 Å². The SMILES string of the molecule is CCCC(=O)NC[C@@H]1CCCN(C(=O)[C@@H]2NCCc3ccccc32)C1. The third-order valence-electron chi connectivity index (χ3n) is 5.25. The summed E-state index contributed by atoms with van der Waals surface area (Å²) in [6, 6.07) is 8.02. The molecule has 5 heteroatoms. The second kappa shape index (κ2) is 8.48. The maximum absolute atomic E-state index is 13.1. The molecule has 1 aromatic carbocycles. The molecule has 0 aliphatic carbocycles. The van der Waals surface area contributed by atoms with E-state index in [-0.39, 0.29) is 17.9 Å². The number of piperidine rings is 1. The zero-order valence-corrected chi connectivity index (χ0v) is 15.1. The third-order valence-corrected chi connectivity index (χ3v) is 5.25. The van der Waals surface area contributed by atoms with Crippen LogP contribution in [0.5, 0.6) is 0 Å². The van der Waals surface area contributed by atoms with Crippen molar-refractivity contribution in [2.75, 3.05) is 26.2 Å². The molecule has 2 aliphatic heterocycles. The predicted molar refractivity (Wildman–Crippen MR) is 98.1 cm³/mol. The monoisotopic (exact) mass is 343 g/mol. The Morgan fingerprint density at radius 1 is 1.32 bits per heavy atom. The molecule has 136 valence electrons. The minimum atomic E-state index is -0.224. The molecule has 0 saturated carbocycles. The molecule has 1 saturated heterocycles. The van der Waals surface area contributed by atoms with Crippen molar-refractivity contribution in [3.05, 3.63) is 35.4 Å². The van der Waals surface area contributed by atoms with E-state index in [1.54, 1.807) is 0 Å². The molecule has 0 spiro atoms. The Kier molecular flexibility index (Phi) is 6.08. The van der Waals surface area contributed by atoms with Gasteiger partial charge in [-0.1, -0.05) is 31.2 Å². The molecule has 2 amide bonds. The molecule has 1 fully saturated rings. The van der Waals surface area contributed by atoms with E-state index < -0.39 is 0 Å². The van der Waals surface area contributed by atoms with Gasteiger partial charge in [-0.15, -0.1) is 0 Å². The van der Waals surface area contributed by atoms with Gasteiger partial charge in [0.1, 0.15) is 6.04 Å². The lowest BCUT2D eigenvalue weighted by atomic mass is 9.92. The first-order valence-corrected chi connectivity index (χ1v) is 9.55. The first kappa shape index (κ1) is 17.9. The zero-order valence-electron chi connectivity index (χ0n) is 15.1. The number of rotatable bonds is 5. The van der Waals surface area contributed by atoms with Gasteiger partial charge in [-0.05, 0) is 42.7 Å². The van der Waals surface area contributed by atoms with E-state index >= 15 is 0 Å². The molecule has 0 bridgehead atoms. The molecular weight excluding hydrogens is 314 g/mol. The number of fused-ring (bicyclic) bond motifs is 1. The number of benzene rings is 1. The first-order valence-electron chi connectivity index (χ1n) is 9.55. The Hall–Kier alpha value is -1.88. The molecule has 0 radical (unpaired) electrons. The lowest BCUT2D eigenvalue weighted by Gasteiger charge is -2.36. The van der Waals surface area contributed by atoms with Gasteiger partial charge < -0.3 is 15.5 Å². The van der Waals surface area contributed by atoms with E-state index in [0.29, 0.717) is 18.9 Å². The summed E-state index contributed by atoms with van der Waals surface area (Å²) in [6.45, 7) is 5.09. The Labute approximate surface area is 150 Å². The van der Waals surface area contributed by atoms with Crippen molar-refractivity contribution in [1.82, 2.24) is 15.5 Å². The van der Waals surface area contributed by atoms with Crippen LogP contribution in [-0.4, -0.2) is 42.9 Å². The summed E-state index contributed by atoms with van der Waals surface area (Å²) >= 11 is 0. The highest BCUT2D eigenvalue weighted by Crippen LogP contribution is 2.26. The van der Waals surface area contributed by atoms with Crippen LogP contribution in [0, 0.1) is 5.92 Å². The van der Waals surface area contributed by atoms with Gasteiger partial charge in [0.15, 0.2) is 0 Å². The predicted octanol–water partition coefficient (Wildman–Crippen LogP) is 2.03. The average molecular weight is 343 g/mol. The van der Waals surface area contributed by atoms with Crippen molar-refractivity contribution >= 4 is 11.8 Å². The summed E-state index contributed by atoms with van der Waals surface area (Å²) in [5.74, 6) is 0.655. The summed E-state index contributed by atoms with van der Waals surface area (Å²) < 4.78 is 0. The minimum absolute atomic E-state index is 0.119. The van der Waals surface area contributed by atoms with E-state index in [1.807, 2.05) is 24.0 Å². The van der Waals surface area contributed by atoms with Gasteiger partial charge in [-0.3, -0.25) is 9.59 Å². The second-order valence-corrected chi connectivity index (χ2v) is 7.18. The minimum Gasteiger partial charge on any atom is -0.356 e. The van der Waals surface area contributed by atoms with Crippen molar-refractivity contribution in [2.24, 2.45) is 5.92 Å². The van der Waals surface area contributed by atoms with Crippen LogP contribution < -0.4 is 10.6 Å². The average Bonchev–Trinajstić information content (AvgIpc) is 2.66. The molecule has 2 atom stereocenters. The quantitative estimate of drug-likeness (QED) is 0.860. The van der Waals surface area contributed by atoms with Gasteiger partial charge in [0.05, 0.1) is 0 Å². The normalized spacial score (nSPS) is 23.0. The van der Waals surface area contributed by atoms with Crippen molar-refractivity contribution in [3.63, 3.8) is 0 Å². The number of carbonyl (C=O) groups is 2. The lowest BCUT2D eigenvalue weighted by molar-refractivity contribution is -0.135. The van der Waals surface area contributed by atoms with Crippen LogP contribution in [0.2, 0.25) is 0 Å². The van der Waals surface area contributed by atoms with Crippen LogP contribution in [0.4, 0.5) is 0 Å². The molecule has 5 nitrogen and oxygen atoms in total. The molecule has 0 unspecified atom stereocenters. The number of carbonyl (C=O) groups excluding carboxylic acids is 2. The Morgan fingerprint density at radius 2 is 2.16 bits per heavy atom. The van der Waals surface area contributed by atoms with Gasteiger partial charge in [0, 0.05) is 32.6 Å². The highest BCUT2D eigenvalue weighted by atomic mass is 16.2. The Bertz CT molecular complexity index is 617. The van der Waals surface area contributed by atoms with Crippen molar-refractivity contribution in [1.29, 1.82) is 0 Å². The van der Waals surface area contributed by atoms with E-state index in [0.717, 1.165) is 50.9 Å². The summed E-state index contributed by atoms with van der Waals surface area (Å²) in [4.78, 5) is 26.7. The number of nitrogens with one attached hydrogen (secondary N) is 2. The van der Waals surface area contributed by atoms with Gasteiger partial charge in [0.25, 0.3) is 0 Å².